The van der Waals surface area contributed by atoms with Gasteiger partial charge in [0.05, 0.1) is 12.6 Å². The molecule has 0 radical (unpaired) electrons. The van der Waals surface area contributed by atoms with Crippen molar-refractivity contribution in [1.29, 1.82) is 0 Å². The summed E-state index contributed by atoms with van der Waals surface area (Å²) in [5, 5.41) is 2.74. The van der Waals surface area contributed by atoms with E-state index in [-0.39, 0.29) is 58.4 Å². The van der Waals surface area contributed by atoms with Gasteiger partial charge in [0.2, 0.25) is 5.89 Å². The van der Waals surface area contributed by atoms with Crippen LogP contribution in [0.3, 0.4) is 0 Å². The number of nitrogens with zero attached hydrogens (tertiary/aromatic N) is 1. The van der Waals surface area contributed by atoms with E-state index in [4.69, 9.17) is 26.5 Å². The molecule has 0 spiro atoms. The Morgan fingerprint density at radius 1 is 1.28 bits per heavy atom. The Kier molecular flexibility index (Phi) is 9.10. The number of nitrogens with one attached hydrogen (secondary N) is 1. The molecule has 2 aromatic carbocycles. The Hall–Kier alpha value is -2.95. The highest BCUT2D eigenvalue weighted by Crippen LogP contribution is 2.37. The molecule has 194 valence electrons. The van der Waals surface area contributed by atoms with Crippen LogP contribution in [-0.2, 0) is 6.54 Å². The van der Waals surface area contributed by atoms with Gasteiger partial charge in [-0.2, -0.15) is 8.78 Å². The number of amides is 1. The Labute approximate surface area is 216 Å². The number of hydrogen-bond donors (Lipinski definition) is 2. The van der Waals surface area contributed by atoms with Gasteiger partial charge in [0.15, 0.2) is 23.0 Å². The second-order valence-corrected chi connectivity index (χ2v) is 8.61. The zero-order chi connectivity index (χ0) is 25.1. The fourth-order valence-electron chi connectivity index (χ4n) is 3.32. The Balaban J connectivity index is 0.00000361. The molecule has 0 saturated heterocycles. The summed E-state index contributed by atoms with van der Waals surface area (Å²) in [6, 6.07) is 7.75. The molecule has 12 heteroatoms. The average Bonchev–Trinajstić information content (AvgIpc) is 3.52. The van der Waals surface area contributed by atoms with Gasteiger partial charge in [0, 0.05) is 22.7 Å². The summed E-state index contributed by atoms with van der Waals surface area (Å²) in [6.45, 7) is -1.22. The molecule has 1 amide bonds. The standard InChI is InChI=1S/C24H23ClF3N3O4.ClH/c1-12(29)21-20(22(32)30-10-15-16(25)3-2-4-17(15)26)31-23(35-21)14-7-8-18(34-24(27)28)19(9-14)33-11-13-5-6-13;/h2-4,7-9,12-13,24H,5-6,10-11,29H2,1H3,(H,30,32);1H/t12-;/m0./s1. The molecule has 1 aromatic heterocycles. The quantitative estimate of drug-likeness (QED) is 0.329. The minimum absolute atomic E-state index is 0. The second kappa shape index (κ2) is 11.9. The van der Waals surface area contributed by atoms with Gasteiger partial charge in [-0.05, 0) is 56.0 Å². The molecule has 1 heterocycles. The summed E-state index contributed by atoms with van der Waals surface area (Å²) < 4.78 is 55.7. The van der Waals surface area contributed by atoms with E-state index in [9.17, 15) is 18.0 Å². The van der Waals surface area contributed by atoms with E-state index in [2.05, 4.69) is 15.0 Å². The Morgan fingerprint density at radius 3 is 2.67 bits per heavy atom. The van der Waals surface area contributed by atoms with Crippen LogP contribution in [0.5, 0.6) is 11.5 Å². The predicted molar refractivity (Wildman–Crippen MR) is 129 cm³/mol. The van der Waals surface area contributed by atoms with E-state index in [0.29, 0.717) is 18.1 Å². The van der Waals surface area contributed by atoms with Gasteiger partial charge in [0.1, 0.15) is 5.82 Å². The zero-order valence-corrected chi connectivity index (χ0v) is 20.7. The van der Waals surface area contributed by atoms with E-state index in [1.54, 1.807) is 6.92 Å². The van der Waals surface area contributed by atoms with Crippen molar-refractivity contribution in [3.05, 3.63) is 64.3 Å². The van der Waals surface area contributed by atoms with Crippen LogP contribution in [0.1, 0.15) is 47.6 Å². The van der Waals surface area contributed by atoms with Gasteiger partial charge in [-0.25, -0.2) is 9.37 Å². The van der Waals surface area contributed by atoms with Crippen LogP contribution >= 0.6 is 24.0 Å². The van der Waals surface area contributed by atoms with E-state index in [1.165, 1.54) is 36.4 Å². The molecule has 0 unspecified atom stereocenters. The SMILES string of the molecule is C[C@H](N)c1oc(-c2ccc(OC(F)F)c(OCC3CC3)c2)nc1C(=O)NCc1c(F)cccc1Cl.Cl. The number of oxazole rings is 1. The lowest BCUT2D eigenvalue weighted by Crippen LogP contribution is -2.26. The Morgan fingerprint density at radius 2 is 2.03 bits per heavy atom. The third-order valence-electron chi connectivity index (χ3n) is 5.35. The number of alkyl halides is 2. The van der Waals surface area contributed by atoms with Gasteiger partial charge in [-0.15, -0.1) is 12.4 Å². The molecule has 3 aromatic rings. The summed E-state index contributed by atoms with van der Waals surface area (Å²) in [5.74, 6) is -0.705. The largest absolute Gasteiger partial charge is 0.489 e. The van der Waals surface area contributed by atoms with Crippen molar-refractivity contribution in [3.8, 4) is 23.0 Å². The number of hydrogen-bond acceptors (Lipinski definition) is 6. The van der Waals surface area contributed by atoms with Crippen LogP contribution in [-0.4, -0.2) is 24.1 Å². The molecule has 4 rings (SSSR count). The molecule has 0 bridgehead atoms. The molecule has 0 aliphatic heterocycles. The van der Waals surface area contributed by atoms with Crippen molar-refractivity contribution in [2.45, 2.75) is 39.0 Å². The fraction of sp³-hybridized carbons (Fsp3) is 0.333. The van der Waals surface area contributed by atoms with Crippen LogP contribution in [0.15, 0.2) is 40.8 Å². The molecule has 3 N–H and O–H groups in total. The van der Waals surface area contributed by atoms with Crippen molar-refractivity contribution < 1.29 is 31.9 Å². The first kappa shape index (κ1) is 27.6. The van der Waals surface area contributed by atoms with Crippen LogP contribution in [0.25, 0.3) is 11.5 Å². The number of carbonyl (C=O) groups is 1. The number of benzene rings is 2. The van der Waals surface area contributed by atoms with Gasteiger partial charge >= 0.3 is 6.61 Å². The number of ether oxygens (including phenoxy) is 2. The first-order valence-corrected chi connectivity index (χ1v) is 11.3. The number of carbonyl (C=O) groups excluding carboxylic acids is 1. The lowest BCUT2D eigenvalue weighted by molar-refractivity contribution is -0.0515. The molecule has 1 fully saturated rings. The number of halogens is 5. The third kappa shape index (κ3) is 6.63. The van der Waals surface area contributed by atoms with Gasteiger partial charge in [0.25, 0.3) is 5.91 Å². The minimum Gasteiger partial charge on any atom is -0.489 e. The molecule has 1 atom stereocenters. The first-order valence-electron chi connectivity index (χ1n) is 10.9. The van der Waals surface area contributed by atoms with Crippen LogP contribution in [0.2, 0.25) is 5.02 Å². The van der Waals surface area contributed by atoms with Crippen LogP contribution in [0, 0.1) is 11.7 Å². The van der Waals surface area contributed by atoms with Crippen molar-refractivity contribution in [2.75, 3.05) is 6.61 Å². The van der Waals surface area contributed by atoms with E-state index in [0.717, 1.165) is 12.8 Å². The molecular formula is C24H24Cl2F3N3O4. The highest BCUT2D eigenvalue weighted by molar-refractivity contribution is 6.31. The third-order valence-corrected chi connectivity index (χ3v) is 5.70. The monoisotopic (exact) mass is 545 g/mol. The topological polar surface area (TPSA) is 99.6 Å². The summed E-state index contributed by atoms with van der Waals surface area (Å²) >= 11 is 6.02. The normalized spacial score (nSPS) is 13.8. The van der Waals surface area contributed by atoms with Crippen molar-refractivity contribution >= 4 is 29.9 Å². The highest BCUT2D eigenvalue weighted by Gasteiger charge is 2.26. The second-order valence-electron chi connectivity index (χ2n) is 8.20. The number of rotatable bonds is 10. The maximum Gasteiger partial charge on any atom is 0.387 e. The smallest absolute Gasteiger partial charge is 0.387 e. The first-order chi connectivity index (χ1) is 16.7. The van der Waals surface area contributed by atoms with Crippen molar-refractivity contribution in [2.24, 2.45) is 11.7 Å². The number of nitrogens with two attached hydrogens (primary N) is 1. The van der Waals surface area contributed by atoms with Gasteiger partial charge in [-0.3, -0.25) is 4.79 Å². The maximum atomic E-state index is 14.0. The van der Waals surface area contributed by atoms with E-state index < -0.39 is 24.4 Å². The van der Waals surface area contributed by atoms with Gasteiger partial charge in [-0.1, -0.05) is 17.7 Å². The van der Waals surface area contributed by atoms with Gasteiger partial charge < -0.3 is 24.9 Å². The van der Waals surface area contributed by atoms with Crippen LogP contribution in [0.4, 0.5) is 13.2 Å². The molecular weight excluding hydrogens is 522 g/mol. The highest BCUT2D eigenvalue weighted by atomic mass is 35.5. The summed E-state index contributed by atoms with van der Waals surface area (Å²) in [7, 11) is 0. The molecule has 1 aliphatic carbocycles. The molecule has 7 nitrogen and oxygen atoms in total. The summed E-state index contributed by atoms with van der Waals surface area (Å²) in [4.78, 5) is 17.1. The van der Waals surface area contributed by atoms with E-state index >= 15 is 0 Å². The van der Waals surface area contributed by atoms with E-state index in [1.807, 2.05) is 0 Å². The number of aromatic nitrogens is 1. The lowest BCUT2D eigenvalue weighted by Gasteiger charge is -2.12. The van der Waals surface area contributed by atoms with Crippen LogP contribution < -0.4 is 20.5 Å². The maximum absolute atomic E-state index is 14.0. The predicted octanol–water partition coefficient (Wildman–Crippen LogP) is 5.90. The zero-order valence-electron chi connectivity index (χ0n) is 19.1. The fourth-order valence-corrected chi connectivity index (χ4v) is 3.55. The molecule has 1 saturated carbocycles. The summed E-state index contributed by atoms with van der Waals surface area (Å²) in [5.41, 5.74) is 6.38. The Bertz CT molecular complexity index is 1200. The van der Waals surface area contributed by atoms with Crippen molar-refractivity contribution in [1.82, 2.24) is 10.3 Å². The molecule has 1 aliphatic rings. The average molecular weight is 546 g/mol. The summed E-state index contributed by atoms with van der Waals surface area (Å²) in [6.07, 6.45) is 2.03. The molecule has 36 heavy (non-hydrogen) atoms. The van der Waals surface area contributed by atoms with Crippen molar-refractivity contribution in [3.63, 3.8) is 0 Å². The minimum atomic E-state index is -3.02. The lowest BCUT2D eigenvalue weighted by atomic mass is 10.2.